The maximum Gasteiger partial charge on any atom is 0.269 e. The van der Waals surface area contributed by atoms with Crippen LogP contribution in [0.2, 0.25) is 0 Å². The summed E-state index contributed by atoms with van der Waals surface area (Å²) in [6.07, 6.45) is 3.01. The summed E-state index contributed by atoms with van der Waals surface area (Å²) in [5.74, 6) is 0. The Morgan fingerprint density at radius 2 is 2.22 bits per heavy atom. The number of hydrogen-bond acceptors (Lipinski definition) is 3. The normalized spacial score (nSPS) is 11.9. The van der Waals surface area contributed by atoms with Gasteiger partial charge in [-0.15, -0.1) is 0 Å². The quantitative estimate of drug-likeness (QED) is 0.475. The van der Waals surface area contributed by atoms with E-state index >= 15 is 0 Å². The Balaban J connectivity index is 2.78. The Bertz CT molecular complexity index is 437. The van der Waals surface area contributed by atoms with Crippen molar-refractivity contribution in [2.24, 2.45) is 0 Å². The van der Waals surface area contributed by atoms with Crippen molar-refractivity contribution >= 4 is 5.69 Å². The number of nitrogens with zero attached hydrogens (tertiary/aromatic N) is 1. The van der Waals surface area contributed by atoms with E-state index in [1.165, 1.54) is 11.6 Å². The van der Waals surface area contributed by atoms with E-state index in [0.717, 1.165) is 18.5 Å². The van der Waals surface area contributed by atoms with Crippen LogP contribution in [0.4, 0.5) is 5.69 Å². The lowest BCUT2D eigenvalue weighted by Gasteiger charge is -2.16. The number of hydrogen-bond donors (Lipinski definition) is 1. The third-order valence-corrected chi connectivity index (χ3v) is 2.77. The summed E-state index contributed by atoms with van der Waals surface area (Å²) in [5.41, 5.74) is 2.38. The molecule has 0 saturated heterocycles. The summed E-state index contributed by atoms with van der Waals surface area (Å²) in [4.78, 5) is 10.4. The third-order valence-electron chi connectivity index (χ3n) is 2.77. The summed E-state index contributed by atoms with van der Waals surface area (Å²) in [6.45, 7) is 6.95. The fraction of sp³-hybridized carbons (Fsp3) is 0.429. The van der Waals surface area contributed by atoms with Crippen LogP contribution >= 0.6 is 0 Å². The van der Waals surface area contributed by atoms with Gasteiger partial charge in [0.1, 0.15) is 0 Å². The highest BCUT2D eigenvalue weighted by atomic mass is 16.6. The molecule has 0 radical (unpaired) electrons. The van der Waals surface area contributed by atoms with Crippen molar-refractivity contribution in [1.82, 2.24) is 5.32 Å². The molecular formula is C14H20N2O2. The minimum Gasteiger partial charge on any atom is -0.306 e. The number of nitro groups is 1. The van der Waals surface area contributed by atoms with Crippen molar-refractivity contribution in [3.63, 3.8) is 0 Å². The van der Waals surface area contributed by atoms with E-state index in [-0.39, 0.29) is 16.7 Å². The smallest absolute Gasteiger partial charge is 0.269 e. The van der Waals surface area contributed by atoms with Crippen molar-refractivity contribution in [3.8, 4) is 0 Å². The van der Waals surface area contributed by atoms with Crippen molar-refractivity contribution in [1.29, 1.82) is 0 Å². The lowest BCUT2D eigenvalue weighted by atomic mass is 10.0. The first kappa shape index (κ1) is 14.4. The van der Waals surface area contributed by atoms with E-state index in [4.69, 9.17) is 0 Å². The molecule has 1 aromatic carbocycles. The SMILES string of the molecule is CCC(NCC=C(C)C)c1cccc([N+](=O)[O-])c1. The molecule has 1 unspecified atom stereocenters. The van der Waals surface area contributed by atoms with Gasteiger partial charge in [-0.05, 0) is 25.8 Å². The first-order chi connectivity index (χ1) is 8.54. The molecule has 98 valence electrons. The van der Waals surface area contributed by atoms with E-state index in [1.807, 2.05) is 6.07 Å². The highest BCUT2D eigenvalue weighted by Crippen LogP contribution is 2.21. The predicted molar refractivity (Wildman–Crippen MR) is 73.6 cm³/mol. The first-order valence-electron chi connectivity index (χ1n) is 6.15. The second-order valence-electron chi connectivity index (χ2n) is 4.50. The predicted octanol–water partition coefficient (Wildman–Crippen LogP) is 3.60. The zero-order valence-corrected chi connectivity index (χ0v) is 11.1. The van der Waals surface area contributed by atoms with E-state index < -0.39 is 0 Å². The molecule has 1 aromatic rings. The van der Waals surface area contributed by atoms with Crippen LogP contribution in [-0.2, 0) is 0 Å². The Morgan fingerprint density at radius 3 is 2.78 bits per heavy atom. The van der Waals surface area contributed by atoms with Gasteiger partial charge in [0.25, 0.3) is 5.69 Å². The van der Waals surface area contributed by atoms with E-state index in [1.54, 1.807) is 12.1 Å². The molecule has 0 aliphatic rings. The average molecular weight is 248 g/mol. The van der Waals surface area contributed by atoms with Crippen LogP contribution in [0, 0.1) is 10.1 Å². The Kier molecular flexibility index (Phi) is 5.52. The van der Waals surface area contributed by atoms with Gasteiger partial charge in [0, 0.05) is 24.7 Å². The van der Waals surface area contributed by atoms with Crippen LogP contribution in [0.3, 0.4) is 0 Å². The van der Waals surface area contributed by atoms with E-state index in [2.05, 4.69) is 32.2 Å². The fourth-order valence-corrected chi connectivity index (χ4v) is 1.76. The standard InChI is InChI=1S/C14H20N2O2/c1-4-14(15-9-8-11(2)3)12-6-5-7-13(10-12)16(17)18/h5-8,10,14-15H,4,9H2,1-3H3. The van der Waals surface area contributed by atoms with Gasteiger partial charge in [-0.2, -0.15) is 0 Å². The second kappa shape index (κ2) is 6.91. The summed E-state index contributed by atoms with van der Waals surface area (Å²) < 4.78 is 0. The zero-order valence-electron chi connectivity index (χ0n) is 11.1. The molecule has 1 N–H and O–H groups in total. The number of non-ortho nitro benzene ring substituents is 1. The summed E-state index contributed by atoms with van der Waals surface area (Å²) in [7, 11) is 0. The lowest BCUT2D eigenvalue weighted by Crippen LogP contribution is -2.21. The van der Waals surface area contributed by atoms with Gasteiger partial charge in [0.15, 0.2) is 0 Å². The molecule has 18 heavy (non-hydrogen) atoms. The summed E-state index contributed by atoms with van der Waals surface area (Å²) in [5, 5.41) is 14.1. The third kappa shape index (κ3) is 4.30. The Morgan fingerprint density at radius 1 is 1.50 bits per heavy atom. The number of benzene rings is 1. The molecule has 0 saturated carbocycles. The molecule has 0 bridgehead atoms. The maximum atomic E-state index is 10.7. The summed E-state index contributed by atoms with van der Waals surface area (Å²) in [6, 6.07) is 6.98. The molecule has 4 heteroatoms. The molecule has 1 rings (SSSR count). The first-order valence-corrected chi connectivity index (χ1v) is 6.15. The molecule has 0 heterocycles. The molecule has 4 nitrogen and oxygen atoms in total. The van der Waals surface area contributed by atoms with Crippen LogP contribution in [-0.4, -0.2) is 11.5 Å². The largest absolute Gasteiger partial charge is 0.306 e. The van der Waals surface area contributed by atoms with Gasteiger partial charge < -0.3 is 5.32 Å². The van der Waals surface area contributed by atoms with E-state index in [0.29, 0.717) is 0 Å². The molecule has 0 aromatic heterocycles. The van der Waals surface area contributed by atoms with Gasteiger partial charge in [-0.1, -0.05) is 30.7 Å². The van der Waals surface area contributed by atoms with Crippen molar-refractivity contribution < 1.29 is 4.92 Å². The topological polar surface area (TPSA) is 55.2 Å². The van der Waals surface area contributed by atoms with Gasteiger partial charge in [-0.3, -0.25) is 10.1 Å². The molecule has 0 aliphatic carbocycles. The maximum absolute atomic E-state index is 10.7. The number of allylic oxidation sites excluding steroid dienone is 1. The highest BCUT2D eigenvalue weighted by Gasteiger charge is 2.12. The Labute approximate surface area is 108 Å². The average Bonchev–Trinajstić information content (AvgIpc) is 2.34. The molecule has 0 aliphatic heterocycles. The number of nitrogens with one attached hydrogen (secondary N) is 1. The zero-order chi connectivity index (χ0) is 13.5. The van der Waals surface area contributed by atoms with Crippen LogP contribution in [0.25, 0.3) is 0 Å². The van der Waals surface area contributed by atoms with E-state index in [9.17, 15) is 10.1 Å². The molecular weight excluding hydrogens is 228 g/mol. The van der Waals surface area contributed by atoms with Crippen molar-refractivity contribution in [2.45, 2.75) is 33.2 Å². The van der Waals surface area contributed by atoms with Gasteiger partial charge >= 0.3 is 0 Å². The van der Waals surface area contributed by atoms with Gasteiger partial charge in [0.05, 0.1) is 4.92 Å². The minimum atomic E-state index is -0.355. The summed E-state index contributed by atoms with van der Waals surface area (Å²) >= 11 is 0. The number of nitro benzene ring substituents is 1. The molecule has 1 atom stereocenters. The highest BCUT2D eigenvalue weighted by molar-refractivity contribution is 5.35. The molecule has 0 fully saturated rings. The van der Waals surface area contributed by atoms with Crippen LogP contribution in [0.15, 0.2) is 35.9 Å². The second-order valence-corrected chi connectivity index (χ2v) is 4.50. The Hall–Kier alpha value is -1.68. The lowest BCUT2D eigenvalue weighted by molar-refractivity contribution is -0.384. The monoisotopic (exact) mass is 248 g/mol. The van der Waals surface area contributed by atoms with Crippen molar-refractivity contribution in [3.05, 3.63) is 51.6 Å². The van der Waals surface area contributed by atoms with Crippen LogP contribution in [0.1, 0.15) is 38.8 Å². The van der Waals surface area contributed by atoms with Gasteiger partial charge in [-0.25, -0.2) is 0 Å². The van der Waals surface area contributed by atoms with Crippen molar-refractivity contribution in [2.75, 3.05) is 6.54 Å². The van der Waals surface area contributed by atoms with Gasteiger partial charge in [0.2, 0.25) is 0 Å². The fourth-order valence-electron chi connectivity index (χ4n) is 1.76. The van der Waals surface area contributed by atoms with Crippen LogP contribution < -0.4 is 5.32 Å². The molecule has 0 amide bonds. The molecule has 0 spiro atoms. The van der Waals surface area contributed by atoms with Crippen LogP contribution in [0.5, 0.6) is 0 Å². The number of rotatable bonds is 6. The minimum absolute atomic E-state index is 0.148.